The molecule has 0 aromatic carbocycles. The highest BCUT2D eigenvalue weighted by molar-refractivity contribution is 7.47. The van der Waals surface area contributed by atoms with Crippen LogP contribution in [0.3, 0.4) is 0 Å². The van der Waals surface area contributed by atoms with Crippen LogP contribution in [-0.4, -0.2) is 98.3 Å². The molecule has 0 aromatic rings. The van der Waals surface area contributed by atoms with E-state index in [2.05, 4.69) is 50.3 Å². The van der Waals surface area contributed by atoms with Crippen molar-refractivity contribution in [2.45, 2.75) is 268 Å². The quantitative estimate of drug-likeness (QED) is 0.0145. The van der Waals surface area contributed by atoms with E-state index in [1.807, 2.05) is 0 Å². The number of unbranched alkanes of at least 4 members (excludes halogenated alkanes) is 26. The number of ether oxygens (including phenoxy) is 2. The summed E-state index contributed by atoms with van der Waals surface area (Å²) in [7, 11) is -5.13. The SMILES string of the molecule is CCCCCC/C=C\C/C=C\CCCCCCCC(=O)OC(COC(=O)CCCCCCCCCCC/C=C\CCCCCCCCCC)COP(=O)(O)OC1C(O)C(O)C(O)C(O)C1O. The summed E-state index contributed by atoms with van der Waals surface area (Å²) in [6, 6.07) is 0. The van der Waals surface area contributed by atoms with Crippen molar-refractivity contribution in [3.8, 4) is 0 Å². The van der Waals surface area contributed by atoms with Crippen LogP contribution in [0.15, 0.2) is 36.5 Å². The predicted octanol–water partition coefficient (Wildman–Crippen LogP) is 11.3. The van der Waals surface area contributed by atoms with Crippen LogP contribution >= 0.6 is 7.82 Å². The van der Waals surface area contributed by atoms with Crippen LogP contribution in [0.2, 0.25) is 0 Å². The van der Waals surface area contributed by atoms with Crippen molar-refractivity contribution in [2.24, 2.45) is 0 Å². The molecular formula is C52H95O13P. The van der Waals surface area contributed by atoms with Gasteiger partial charge in [0.15, 0.2) is 6.10 Å². The summed E-state index contributed by atoms with van der Waals surface area (Å²) < 4.78 is 33.6. The monoisotopic (exact) mass is 959 g/mol. The minimum Gasteiger partial charge on any atom is -0.462 e. The van der Waals surface area contributed by atoms with E-state index in [4.69, 9.17) is 18.5 Å². The molecule has 14 heteroatoms. The molecule has 0 aliphatic heterocycles. The molecule has 1 rings (SSSR count). The molecule has 0 bridgehead atoms. The van der Waals surface area contributed by atoms with Gasteiger partial charge in [0, 0.05) is 12.8 Å². The highest BCUT2D eigenvalue weighted by Gasteiger charge is 2.51. The van der Waals surface area contributed by atoms with Gasteiger partial charge in [0.05, 0.1) is 6.61 Å². The van der Waals surface area contributed by atoms with Crippen molar-refractivity contribution in [3.63, 3.8) is 0 Å². The molecule has 1 aliphatic carbocycles. The molecule has 1 aliphatic rings. The van der Waals surface area contributed by atoms with Gasteiger partial charge >= 0.3 is 19.8 Å². The maximum absolute atomic E-state index is 12.8. The summed E-state index contributed by atoms with van der Waals surface area (Å²) >= 11 is 0. The second-order valence-corrected chi connectivity index (χ2v) is 19.8. The topological polar surface area (TPSA) is 210 Å². The molecule has 0 radical (unpaired) electrons. The van der Waals surface area contributed by atoms with Gasteiger partial charge in [-0.2, -0.15) is 0 Å². The number of aliphatic hydroxyl groups is 5. The summed E-state index contributed by atoms with van der Waals surface area (Å²) in [5.41, 5.74) is 0. The van der Waals surface area contributed by atoms with Gasteiger partial charge in [-0.3, -0.25) is 18.6 Å². The summed E-state index contributed by atoms with van der Waals surface area (Å²) in [6.07, 6.45) is 36.2. The Balaban J connectivity index is 2.38. The zero-order valence-corrected chi connectivity index (χ0v) is 42.1. The Morgan fingerprint density at radius 3 is 1.26 bits per heavy atom. The van der Waals surface area contributed by atoms with E-state index in [-0.39, 0.29) is 12.8 Å². The van der Waals surface area contributed by atoms with Gasteiger partial charge in [0.2, 0.25) is 0 Å². The van der Waals surface area contributed by atoms with Gasteiger partial charge in [0.1, 0.15) is 43.2 Å². The van der Waals surface area contributed by atoms with E-state index in [1.165, 1.54) is 116 Å². The summed E-state index contributed by atoms with van der Waals surface area (Å²) in [5, 5.41) is 50.3. The summed E-state index contributed by atoms with van der Waals surface area (Å²) in [6.45, 7) is 3.30. The first kappa shape index (κ1) is 62.1. The molecule has 6 unspecified atom stereocenters. The molecule has 6 N–H and O–H groups in total. The zero-order valence-electron chi connectivity index (χ0n) is 41.2. The van der Waals surface area contributed by atoms with Crippen molar-refractivity contribution < 1.29 is 63.1 Å². The standard InChI is InChI=1S/C52H95O13P/c1-3-5-7-9-11-13-15-17-19-21-22-23-24-25-27-28-30-32-34-36-38-40-45(53)62-42-44(43-63-66(60,61)65-52-50(58)48(56)47(55)49(57)51(52)59)64-46(54)41-39-37-35-33-31-29-26-20-18-16-14-12-10-8-6-4-2/h14,16,20-22,26,44,47-52,55-59H,3-13,15,17-19,23-25,27-43H2,1-2H3,(H,60,61)/b16-14-,22-21-,26-20-. The smallest absolute Gasteiger partial charge is 0.462 e. The van der Waals surface area contributed by atoms with E-state index >= 15 is 0 Å². The van der Waals surface area contributed by atoms with Gasteiger partial charge < -0.3 is 39.9 Å². The van der Waals surface area contributed by atoms with Crippen LogP contribution < -0.4 is 0 Å². The lowest BCUT2D eigenvalue weighted by Crippen LogP contribution is -2.64. The van der Waals surface area contributed by atoms with Gasteiger partial charge in [-0.15, -0.1) is 0 Å². The molecule has 0 heterocycles. The maximum atomic E-state index is 12.8. The average molecular weight is 959 g/mol. The first-order valence-electron chi connectivity index (χ1n) is 26.3. The Bertz CT molecular complexity index is 1290. The minimum atomic E-state index is -5.13. The molecule has 0 spiro atoms. The Labute approximate surface area is 399 Å². The molecule has 6 atom stereocenters. The lowest BCUT2D eigenvalue weighted by molar-refractivity contribution is -0.220. The van der Waals surface area contributed by atoms with Crippen molar-refractivity contribution >= 4 is 19.8 Å². The number of esters is 2. The third kappa shape index (κ3) is 33.5. The molecule has 66 heavy (non-hydrogen) atoms. The molecule has 0 saturated heterocycles. The van der Waals surface area contributed by atoms with Crippen molar-refractivity contribution in [3.05, 3.63) is 36.5 Å². The number of rotatable bonds is 44. The van der Waals surface area contributed by atoms with Crippen LogP contribution in [0.1, 0.15) is 226 Å². The van der Waals surface area contributed by atoms with E-state index in [1.54, 1.807) is 0 Å². The van der Waals surface area contributed by atoms with Crippen LogP contribution in [0.5, 0.6) is 0 Å². The fourth-order valence-electron chi connectivity index (χ4n) is 7.96. The second-order valence-electron chi connectivity index (χ2n) is 18.4. The van der Waals surface area contributed by atoms with Crippen LogP contribution in [-0.2, 0) is 32.7 Å². The maximum Gasteiger partial charge on any atom is 0.472 e. The summed E-state index contributed by atoms with van der Waals surface area (Å²) in [4.78, 5) is 35.8. The normalized spacial score (nSPS) is 21.5. The van der Waals surface area contributed by atoms with E-state index in [0.29, 0.717) is 12.8 Å². The first-order chi connectivity index (χ1) is 31.9. The Morgan fingerprint density at radius 1 is 0.470 bits per heavy atom. The van der Waals surface area contributed by atoms with Gasteiger partial charge in [-0.25, -0.2) is 4.57 Å². The van der Waals surface area contributed by atoms with Gasteiger partial charge in [-0.1, -0.05) is 179 Å². The Morgan fingerprint density at radius 2 is 0.818 bits per heavy atom. The average Bonchev–Trinajstić information content (AvgIpc) is 3.30. The highest BCUT2D eigenvalue weighted by atomic mass is 31.2. The van der Waals surface area contributed by atoms with Crippen LogP contribution in [0.4, 0.5) is 0 Å². The van der Waals surface area contributed by atoms with Crippen LogP contribution in [0, 0.1) is 0 Å². The van der Waals surface area contributed by atoms with Crippen molar-refractivity contribution in [2.75, 3.05) is 13.2 Å². The van der Waals surface area contributed by atoms with Crippen molar-refractivity contribution in [1.82, 2.24) is 0 Å². The first-order valence-corrected chi connectivity index (χ1v) is 27.8. The molecule has 0 amide bonds. The number of hydrogen-bond donors (Lipinski definition) is 6. The fraction of sp³-hybridized carbons (Fsp3) is 0.846. The third-order valence-electron chi connectivity index (χ3n) is 12.2. The number of phosphoric ester groups is 1. The second kappa shape index (κ2) is 42.0. The predicted molar refractivity (Wildman–Crippen MR) is 263 cm³/mol. The lowest BCUT2D eigenvalue weighted by Gasteiger charge is -2.41. The molecule has 13 nitrogen and oxygen atoms in total. The van der Waals surface area contributed by atoms with E-state index in [9.17, 15) is 44.6 Å². The minimum absolute atomic E-state index is 0.0811. The molecule has 1 saturated carbocycles. The molecule has 386 valence electrons. The summed E-state index contributed by atoms with van der Waals surface area (Å²) in [5.74, 6) is -1.11. The third-order valence-corrected chi connectivity index (χ3v) is 13.2. The number of phosphoric acid groups is 1. The zero-order chi connectivity index (χ0) is 48.5. The van der Waals surface area contributed by atoms with Crippen LogP contribution in [0.25, 0.3) is 0 Å². The number of allylic oxidation sites excluding steroid dienone is 6. The molecule has 0 aromatic heterocycles. The van der Waals surface area contributed by atoms with Gasteiger partial charge in [-0.05, 0) is 70.6 Å². The fourth-order valence-corrected chi connectivity index (χ4v) is 8.93. The molecular weight excluding hydrogens is 864 g/mol. The Kier molecular flexibility index (Phi) is 39.5. The van der Waals surface area contributed by atoms with E-state index < -0.39 is 75.7 Å². The lowest BCUT2D eigenvalue weighted by atomic mass is 9.85. The Hall–Kier alpha value is -1.93. The highest BCUT2D eigenvalue weighted by Crippen LogP contribution is 2.47. The number of hydrogen-bond acceptors (Lipinski definition) is 12. The van der Waals surface area contributed by atoms with Crippen molar-refractivity contribution in [1.29, 1.82) is 0 Å². The van der Waals surface area contributed by atoms with E-state index in [0.717, 1.165) is 70.6 Å². The largest absolute Gasteiger partial charge is 0.472 e. The molecule has 1 fully saturated rings. The number of carbonyl (C=O) groups excluding carboxylic acids is 2. The van der Waals surface area contributed by atoms with Gasteiger partial charge in [0.25, 0.3) is 0 Å². The number of carbonyl (C=O) groups is 2. The number of aliphatic hydroxyl groups excluding tert-OH is 5.